The largest absolute Gasteiger partial charge is 0.457 e. The predicted octanol–water partition coefficient (Wildman–Crippen LogP) is 3.99. The van der Waals surface area contributed by atoms with E-state index in [-0.39, 0.29) is 17.0 Å². The average molecular weight is 390 g/mol. The van der Waals surface area contributed by atoms with Crippen LogP contribution in [0.3, 0.4) is 0 Å². The van der Waals surface area contributed by atoms with Gasteiger partial charge in [-0.1, -0.05) is 38.6 Å². The Bertz CT molecular complexity index is 1020. The van der Waals surface area contributed by atoms with Gasteiger partial charge in [-0.2, -0.15) is 0 Å². The van der Waals surface area contributed by atoms with Crippen molar-refractivity contribution >= 4 is 17.7 Å². The van der Waals surface area contributed by atoms with Crippen LogP contribution in [0.5, 0.6) is 11.5 Å². The van der Waals surface area contributed by atoms with Crippen LogP contribution in [-0.2, 0) is 4.79 Å². The number of carbonyl (C=O) groups excluding carboxylic acids is 3. The molecule has 0 bridgehead atoms. The van der Waals surface area contributed by atoms with E-state index in [2.05, 4.69) is 25.7 Å². The SMILES string of the molecule is C=C1CCC(N2C(=O)c3cccc(Oc4ccc(C(C)C)cc4)c3C2=O)C(=O)N1. The van der Waals surface area contributed by atoms with Crippen LogP contribution in [0.15, 0.2) is 54.7 Å². The summed E-state index contributed by atoms with van der Waals surface area (Å²) in [5.41, 5.74) is 2.22. The Morgan fingerprint density at radius 3 is 2.45 bits per heavy atom. The lowest BCUT2D eigenvalue weighted by Crippen LogP contribution is -2.51. The van der Waals surface area contributed by atoms with Gasteiger partial charge in [0.1, 0.15) is 17.5 Å². The molecule has 2 aromatic rings. The minimum Gasteiger partial charge on any atom is -0.457 e. The summed E-state index contributed by atoms with van der Waals surface area (Å²) < 4.78 is 5.94. The van der Waals surface area contributed by atoms with E-state index in [1.165, 1.54) is 5.56 Å². The molecule has 1 unspecified atom stereocenters. The first-order valence-electron chi connectivity index (χ1n) is 9.64. The van der Waals surface area contributed by atoms with Crippen molar-refractivity contribution in [3.8, 4) is 11.5 Å². The Labute approximate surface area is 169 Å². The lowest BCUT2D eigenvalue weighted by molar-refractivity contribution is -0.125. The van der Waals surface area contributed by atoms with E-state index in [1.54, 1.807) is 18.2 Å². The third kappa shape index (κ3) is 3.31. The lowest BCUT2D eigenvalue weighted by Gasteiger charge is -2.29. The van der Waals surface area contributed by atoms with E-state index < -0.39 is 17.9 Å². The second kappa shape index (κ2) is 7.20. The zero-order valence-corrected chi connectivity index (χ0v) is 16.4. The van der Waals surface area contributed by atoms with Crippen molar-refractivity contribution in [1.29, 1.82) is 0 Å². The van der Waals surface area contributed by atoms with Crippen molar-refractivity contribution in [1.82, 2.24) is 10.2 Å². The summed E-state index contributed by atoms with van der Waals surface area (Å²) in [6.07, 6.45) is 0.887. The van der Waals surface area contributed by atoms with Gasteiger partial charge in [-0.25, -0.2) is 0 Å². The summed E-state index contributed by atoms with van der Waals surface area (Å²) in [5.74, 6) is -0.0854. The number of amides is 3. The number of ether oxygens (including phenoxy) is 1. The van der Waals surface area contributed by atoms with E-state index in [4.69, 9.17) is 4.74 Å². The molecular formula is C23H22N2O4. The van der Waals surface area contributed by atoms with Gasteiger partial charge in [0.25, 0.3) is 11.8 Å². The number of nitrogens with one attached hydrogen (secondary N) is 1. The molecule has 6 nitrogen and oxygen atoms in total. The van der Waals surface area contributed by atoms with Gasteiger partial charge in [0, 0.05) is 5.70 Å². The van der Waals surface area contributed by atoms with E-state index in [9.17, 15) is 14.4 Å². The topological polar surface area (TPSA) is 75.7 Å². The van der Waals surface area contributed by atoms with Crippen LogP contribution in [0.1, 0.15) is 58.9 Å². The van der Waals surface area contributed by atoms with Gasteiger partial charge in [0.2, 0.25) is 5.91 Å². The highest BCUT2D eigenvalue weighted by Crippen LogP contribution is 2.36. The summed E-state index contributed by atoms with van der Waals surface area (Å²) >= 11 is 0. The lowest BCUT2D eigenvalue weighted by atomic mass is 10.0. The number of hydrogen-bond donors (Lipinski definition) is 1. The number of hydrogen-bond acceptors (Lipinski definition) is 4. The van der Waals surface area contributed by atoms with Crippen molar-refractivity contribution in [3.63, 3.8) is 0 Å². The molecule has 0 aromatic heterocycles. The molecule has 0 aliphatic carbocycles. The van der Waals surface area contributed by atoms with Gasteiger partial charge in [-0.05, 0) is 48.6 Å². The number of imide groups is 1. The van der Waals surface area contributed by atoms with Crippen LogP contribution in [0.25, 0.3) is 0 Å². The van der Waals surface area contributed by atoms with Crippen LogP contribution in [-0.4, -0.2) is 28.7 Å². The first-order valence-corrected chi connectivity index (χ1v) is 9.64. The molecule has 3 amide bonds. The first kappa shape index (κ1) is 18.9. The Balaban J connectivity index is 1.64. The normalized spacial score (nSPS) is 18.9. The second-order valence-corrected chi connectivity index (χ2v) is 7.63. The quantitative estimate of drug-likeness (QED) is 0.801. The summed E-state index contributed by atoms with van der Waals surface area (Å²) in [4.78, 5) is 39.4. The van der Waals surface area contributed by atoms with Crippen LogP contribution in [0, 0.1) is 0 Å². The van der Waals surface area contributed by atoms with Crippen LogP contribution in [0.2, 0.25) is 0 Å². The fourth-order valence-corrected chi connectivity index (χ4v) is 3.70. The Morgan fingerprint density at radius 1 is 1.07 bits per heavy atom. The third-order valence-corrected chi connectivity index (χ3v) is 5.32. The van der Waals surface area contributed by atoms with E-state index >= 15 is 0 Å². The highest BCUT2D eigenvalue weighted by molar-refractivity contribution is 6.24. The molecule has 2 aliphatic heterocycles. The molecule has 6 heteroatoms. The van der Waals surface area contributed by atoms with Crippen LogP contribution in [0.4, 0.5) is 0 Å². The monoisotopic (exact) mass is 390 g/mol. The standard InChI is InChI=1S/C23H22N2O4/c1-13(2)15-8-10-16(11-9-15)29-19-6-4-5-17-20(19)23(28)25(22(17)27)18-12-7-14(3)24-21(18)26/h4-6,8-11,13,18H,3,7,12H2,1-2H3,(H,24,26). The molecule has 1 saturated heterocycles. The third-order valence-electron chi connectivity index (χ3n) is 5.32. The Kier molecular flexibility index (Phi) is 4.70. The smallest absolute Gasteiger partial charge is 0.266 e. The number of allylic oxidation sites excluding steroid dienone is 1. The number of piperidine rings is 1. The zero-order chi connectivity index (χ0) is 20.7. The highest BCUT2D eigenvalue weighted by Gasteiger charge is 2.45. The molecule has 0 saturated carbocycles. The summed E-state index contributed by atoms with van der Waals surface area (Å²) in [6, 6.07) is 11.7. The molecule has 2 aromatic carbocycles. The predicted molar refractivity (Wildman–Crippen MR) is 108 cm³/mol. The van der Waals surface area contributed by atoms with Crippen LogP contribution >= 0.6 is 0 Å². The van der Waals surface area contributed by atoms with Crippen molar-refractivity contribution in [2.24, 2.45) is 0 Å². The summed E-state index contributed by atoms with van der Waals surface area (Å²) in [7, 11) is 0. The van der Waals surface area contributed by atoms with Crippen molar-refractivity contribution < 1.29 is 19.1 Å². The molecule has 1 N–H and O–H groups in total. The molecule has 148 valence electrons. The van der Waals surface area contributed by atoms with Gasteiger partial charge in [0.05, 0.1) is 11.1 Å². The van der Waals surface area contributed by atoms with Crippen molar-refractivity contribution in [3.05, 3.63) is 71.4 Å². The summed E-state index contributed by atoms with van der Waals surface area (Å²) in [6.45, 7) is 7.95. The molecule has 29 heavy (non-hydrogen) atoms. The van der Waals surface area contributed by atoms with E-state index in [1.807, 2.05) is 24.3 Å². The van der Waals surface area contributed by atoms with E-state index in [0.717, 1.165) is 4.90 Å². The maximum Gasteiger partial charge on any atom is 0.266 e. The molecule has 0 radical (unpaired) electrons. The maximum absolute atomic E-state index is 13.1. The molecule has 1 atom stereocenters. The number of benzene rings is 2. The van der Waals surface area contributed by atoms with Gasteiger partial charge in [-0.3, -0.25) is 19.3 Å². The number of fused-ring (bicyclic) bond motifs is 1. The second-order valence-electron chi connectivity index (χ2n) is 7.63. The molecular weight excluding hydrogens is 368 g/mol. The van der Waals surface area contributed by atoms with Crippen molar-refractivity contribution in [2.45, 2.75) is 38.6 Å². The minimum absolute atomic E-state index is 0.197. The molecule has 1 fully saturated rings. The Hall–Kier alpha value is -3.41. The fourth-order valence-electron chi connectivity index (χ4n) is 3.70. The van der Waals surface area contributed by atoms with Gasteiger partial charge in [-0.15, -0.1) is 0 Å². The number of carbonyl (C=O) groups is 3. The molecule has 0 spiro atoms. The van der Waals surface area contributed by atoms with E-state index in [0.29, 0.717) is 36.0 Å². The van der Waals surface area contributed by atoms with Crippen molar-refractivity contribution in [2.75, 3.05) is 0 Å². The minimum atomic E-state index is -0.842. The summed E-state index contributed by atoms with van der Waals surface area (Å²) in [5, 5.41) is 2.63. The van der Waals surface area contributed by atoms with Gasteiger partial charge in [0.15, 0.2) is 0 Å². The highest BCUT2D eigenvalue weighted by atomic mass is 16.5. The fraction of sp³-hybridized carbons (Fsp3) is 0.261. The maximum atomic E-state index is 13.1. The molecule has 4 rings (SSSR count). The number of nitrogens with zero attached hydrogens (tertiary/aromatic N) is 1. The number of rotatable bonds is 4. The van der Waals surface area contributed by atoms with Gasteiger partial charge >= 0.3 is 0 Å². The van der Waals surface area contributed by atoms with Gasteiger partial charge < -0.3 is 10.1 Å². The zero-order valence-electron chi connectivity index (χ0n) is 16.4. The molecule has 2 aliphatic rings. The van der Waals surface area contributed by atoms with Crippen LogP contribution < -0.4 is 10.1 Å². The Morgan fingerprint density at radius 2 is 1.79 bits per heavy atom. The molecule has 2 heterocycles. The first-order chi connectivity index (χ1) is 13.9. The average Bonchev–Trinajstić information content (AvgIpc) is 2.94.